The van der Waals surface area contributed by atoms with Crippen molar-refractivity contribution in [2.24, 2.45) is 0 Å². The minimum atomic E-state index is 0.624. The van der Waals surface area contributed by atoms with E-state index in [0.29, 0.717) is 23.3 Å². The predicted octanol–water partition coefficient (Wildman–Crippen LogP) is 29.0. The van der Waals surface area contributed by atoms with Crippen molar-refractivity contribution in [1.29, 1.82) is 0 Å². The van der Waals surface area contributed by atoms with Gasteiger partial charge in [-0.15, -0.1) is 22.7 Å². The van der Waals surface area contributed by atoms with E-state index in [2.05, 4.69) is 367 Å². The average molecular weight is 1520 g/mol. The summed E-state index contributed by atoms with van der Waals surface area (Å²) in [6.45, 7) is 0. The Bertz CT molecular complexity index is 6930. The fourth-order valence-electron chi connectivity index (χ4n) is 16.4. The lowest BCUT2D eigenvalue weighted by Crippen LogP contribution is -2.01. The lowest BCUT2D eigenvalue weighted by Gasteiger charge is -2.12. The van der Waals surface area contributed by atoms with Gasteiger partial charge in [-0.05, 0) is 99.1 Å². The SMILES string of the molecule is c1ccc(-c2ccc(-c3cc(-c4cccc(-n5c6ccccc6c6c7sc(-c8ccccc8)c(-c8ccccc8)c7ccc65)c4)nc(-c4ccccc4)n3)cc2)cc1.c1ccc(-c2ccc(-c3nc(-c4ccccc4)nc(-c4cccc(-n5c6ccccc6c6c7sc(-c8ccccc8)c(-c8ccccc8)c7ccc65)c4)n3)cc2)cc1. The summed E-state index contributed by atoms with van der Waals surface area (Å²) in [4.78, 5) is 28.1. The Balaban J connectivity index is 0.000000145. The van der Waals surface area contributed by atoms with Gasteiger partial charge in [0.1, 0.15) is 0 Å². The first-order chi connectivity index (χ1) is 57.5. The van der Waals surface area contributed by atoms with E-state index >= 15 is 0 Å². The van der Waals surface area contributed by atoms with Gasteiger partial charge in [0.25, 0.3) is 0 Å². The molecule has 0 aliphatic carbocycles. The molecule has 0 atom stereocenters. The van der Waals surface area contributed by atoms with E-state index in [1.807, 2.05) is 83.3 Å². The number of aromatic nitrogens is 7. The van der Waals surface area contributed by atoms with Gasteiger partial charge < -0.3 is 9.13 Å². The van der Waals surface area contributed by atoms with Crippen LogP contribution < -0.4 is 0 Å². The molecule has 0 saturated heterocycles. The third-order valence-corrected chi connectivity index (χ3v) is 24.5. The summed E-state index contributed by atoms with van der Waals surface area (Å²) in [5.74, 6) is 2.60. The zero-order chi connectivity index (χ0) is 76.8. The molecule has 0 amide bonds. The van der Waals surface area contributed by atoms with Crippen LogP contribution in [0.5, 0.6) is 0 Å². The molecule has 22 aromatic rings. The van der Waals surface area contributed by atoms with Crippen molar-refractivity contribution in [3.8, 4) is 145 Å². The zero-order valence-corrected chi connectivity index (χ0v) is 64.4. The molecule has 22 rings (SSSR count). The first-order valence-corrected chi connectivity index (χ1v) is 40.7. The van der Waals surface area contributed by atoms with E-state index in [4.69, 9.17) is 24.9 Å². The summed E-state index contributed by atoms with van der Waals surface area (Å²) in [6.07, 6.45) is 0. The summed E-state index contributed by atoms with van der Waals surface area (Å²) >= 11 is 3.78. The molecule has 7 nitrogen and oxygen atoms in total. The smallest absolute Gasteiger partial charge is 0.164 e. The maximum Gasteiger partial charge on any atom is 0.164 e. The van der Waals surface area contributed by atoms with E-state index in [9.17, 15) is 0 Å². The number of hydrogen-bond donors (Lipinski definition) is 0. The fraction of sp³-hybridized carbons (Fsp3) is 0. The lowest BCUT2D eigenvalue weighted by atomic mass is 9.98. The van der Waals surface area contributed by atoms with Crippen LogP contribution in [0, 0.1) is 0 Å². The van der Waals surface area contributed by atoms with Crippen molar-refractivity contribution in [3.05, 3.63) is 419 Å². The van der Waals surface area contributed by atoms with E-state index in [-0.39, 0.29) is 0 Å². The molecule has 544 valence electrons. The number of thiophene rings is 2. The maximum absolute atomic E-state index is 5.20. The van der Waals surface area contributed by atoms with Crippen LogP contribution in [-0.2, 0) is 0 Å². The summed E-state index contributed by atoms with van der Waals surface area (Å²) in [5.41, 5.74) is 26.6. The number of fused-ring (bicyclic) bond motifs is 10. The van der Waals surface area contributed by atoms with Gasteiger partial charge in [-0.25, -0.2) is 24.9 Å². The monoisotopic (exact) mass is 1520 g/mol. The largest absolute Gasteiger partial charge is 0.309 e. The van der Waals surface area contributed by atoms with Gasteiger partial charge in [0.2, 0.25) is 0 Å². The second-order valence-electron chi connectivity index (χ2n) is 28.9. The Morgan fingerprint density at radius 3 is 0.897 bits per heavy atom. The lowest BCUT2D eigenvalue weighted by molar-refractivity contribution is 1.07. The standard InChI is InChI=1S/C54H35N3S.C53H34N4S/c1-5-16-36(17-6-1)37-28-30-38(31-29-37)46-35-47(56-54(55-46)41-22-11-4-12-23-41)42-24-15-25-43(34-42)57-48-27-14-13-26-44(48)51-49(57)33-32-45-50(39-18-7-2-8-19-39)52(58-53(45)51)40-20-9-3-10-21-40;1-5-16-35(17-6-1)36-28-30-40(31-29-36)52-54-51(39-22-11-4-12-23-39)55-53(56-52)41-24-15-25-42(34-41)57-45-27-14-13-26-43(45)48-46(57)33-32-44-47(37-18-7-2-8-19-37)49(58-50(44)48)38-20-9-3-10-21-38/h1-35H;1-34H. The van der Waals surface area contributed by atoms with Crippen LogP contribution >= 0.6 is 22.7 Å². The number of para-hydroxylation sites is 2. The summed E-state index contributed by atoms with van der Waals surface area (Å²) < 4.78 is 7.39. The Labute approximate surface area is 679 Å². The van der Waals surface area contributed by atoms with Crippen molar-refractivity contribution in [1.82, 2.24) is 34.1 Å². The van der Waals surface area contributed by atoms with E-state index in [0.717, 1.165) is 72.7 Å². The van der Waals surface area contributed by atoms with E-state index in [1.54, 1.807) is 0 Å². The second-order valence-corrected chi connectivity index (χ2v) is 31.0. The highest BCUT2D eigenvalue weighted by Gasteiger charge is 2.26. The van der Waals surface area contributed by atoms with Gasteiger partial charge in [0.15, 0.2) is 23.3 Å². The first kappa shape index (κ1) is 69.1. The molecule has 0 bridgehead atoms. The van der Waals surface area contributed by atoms with E-state index < -0.39 is 0 Å². The minimum absolute atomic E-state index is 0.624. The first-order valence-electron chi connectivity index (χ1n) is 39.0. The Hall–Kier alpha value is -14.9. The van der Waals surface area contributed by atoms with Gasteiger partial charge in [-0.3, -0.25) is 0 Å². The topological polar surface area (TPSA) is 74.3 Å². The third kappa shape index (κ3) is 12.8. The normalized spacial score (nSPS) is 11.4. The molecule has 0 radical (unpaired) electrons. The molecule has 0 fully saturated rings. The highest BCUT2D eigenvalue weighted by atomic mass is 32.1. The van der Waals surface area contributed by atoms with Gasteiger partial charge in [0.05, 0.1) is 33.5 Å². The highest BCUT2D eigenvalue weighted by Crippen LogP contribution is 2.52. The number of benzene rings is 16. The van der Waals surface area contributed by atoms with Crippen LogP contribution in [0.2, 0.25) is 0 Å². The quantitative estimate of drug-likeness (QED) is 0.108. The van der Waals surface area contributed by atoms with Gasteiger partial charge in [0, 0.05) is 107 Å². The van der Waals surface area contributed by atoms with Crippen molar-refractivity contribution in [3.63, 3.8) is 0 Å². The van der Waals surface area contributed by atoms with Gasteiger partial charge in [-0.2, -0.15) is 0 Å². The number of rotatable bonds is 14. The highest BCUT2D eigenvalue weighted by molar-refractivity contribution is 7.24. The molecule has 0 aliphatic rings. The van der Waals surface area contributed by atoms with Crippen molar-refractivity contribution in [2.75, 3.05) is 0 Å². The van der Waals surface area contributed by atoms with Crippen LogP contribution in [-0.4, -0.2) is 34.1 Å². The molecule has 116 heavy (non-hydrogen) atoms. The maximum atomic E-state index is 5.20. The molecule has 6 aromatic heterocycles. The molecule has 0 unspecified atom stereocenters. The molecular formula is C107H69N7S2. The molecule has 0 aliphatic heterocycles. The summed E-state index contributed by atoms with van der Waals surface area (Å²) in [6, 6.07) is 148. The summed E-state index contributed by atoms with van der Waals surface area (Å²) in [7, 11) is 0. The average Bonchev–Trinajstić information content (AvgIpc) is 1.56. The minimum Gasteiger partial charge on any atom is -0.309 e. The van der Waals surface area contributed by atoms with Crippen molar-refractivity contribution in [2.45, 2.75) is 0 Å². The molecule has 6 heterocycles. The molecular weight excluding hydrogens is 1450 g/mol. The molecule has 0 spiro atoms. The van der Waals surface area contributed by atoms with Crippen LogP contribution in [0.3, 0.4) is 0 Å². The van der Waals surface area contributed by atoms with Crippen LogP contribution in [0.1, 0.15) is 0 Å². The van der Waals surface area contributed by atoms with Crippen LogP contribution in [0.15, 0.2) is 419 Å². The van der Waals surface area contributed by atoms with Crippen molar-refractivity contribution >= 4 is 86.5 Å². The third-order valence-electron chi connectivity index (χ3n) is 21.9. The van der Waals surface area contributed by atoms with Crippen LogP contribution in [0.25, 0.3) is 209 Å². The second kappa shape index (κ2) is 30.0. The zero-order valence-electron chi connectivity index (χ0n) is 62.8. The molecule has 9 heteroatoms. The van der Waals surface area contributed by atoms with Crippen molar-refractivity contribution < 1.29 is 0 Å². The van der Waals surface area contributed by atoms with Gasteiger partial charge >= 0.3 is 0 Å². The number of hydrogen-bond acceptors (Lipinski definition) is 7. The summed E-state index contributed by atoms with van der Waals surface area (Å²) in [5, 5.41) is 7.54. The predicted molar refractivity (Wildman–Crippen MR) is 487 cm³/mol. The number of nitrogens with zero attached hydrogens (tertiary/aromatic N) is 7. The Morgan fingerprint density at radius 2 is 0.474 bits per heavy atom. The molecule has 0 N–H and O–H groups in total. The van der Waals surface area contributed by atoms with E-state index in [1.165, 1.54) is 113 Å². The van der Waals surface area contributed by atoms with Crippen LogP contribution in [0.4, 0.5) is 0 Å². The Kier molecular flexibility index (Phi) is 17.9. The Morgan fingerprint density at radius 1 is 0.181 bits per heavy atom. The fourth-order valence-corrected chi connectivity index (χ4v) is 19.2. The molecule has 0 saturated carbocycles. The van der Waals surface area contributed by atoms with Gasteiger partial charge in [-0.1, -0.05) is 364 Å². The molecule has 16 aromatic carbocycles.